The Morgan fingerprint density at radius 3 is 2.50 bits per heavy atom. The molecule has 156 valence electrons. The number of aromatic amines is 1. The van der Waals surface area contributed by atoms with Crippen LogP contribution in [-0.4, -0.2) is 34.5 Å². The molecule has 3 aromatic rings. The number of H-pyrrole nitrogens is 1. The van der Waals surface area contributed by atoms with Crippen LogP contribution in [0.3, 0.4) is 0 Å². The minimum atomic E-state index is -0.386. The second-order valence-corrected chi connectivity index (χ2v) is 6.80. The molecule has 0 atom stereocenters. The van der Waals surface area contributed by atoms with Crippen molar-refractivity contribution >= 4 is 5.97 Å². The summed E-state index contributed by atoms with van der Waals surface area (Å²) in [7, 11) is 0. The van der Waals surface area contributed by atoms with E-state index in [1.54, 1.807) is 43.3 Å². The standard InChI is InChI=1S/C23H24N2O5/c1-5-28-23(27)16-6-8-17(9-7-16)30-22-15(4)24-25-21(22)19-11-10-18(12-20(19)26)29-13-14(2)3/h6-12,26H,2,5,13H2,1,3-4H3,(H,24,25). The average Bonchev–Trinajstić information content (AvgIpc) is 3.07. The maximum Gasteiger partial charge on any atom is 0.338 e. The van der Waals surface area contributed by atoms with E-state index in [0.717, 1.165) is 5.57 Å². The summed E-state index contributed by atoms with van der Waals surface area (Å²) in [6.45, 7) is 9.92. The molecular formula is C23H24N2O5. The summed E-state index contributed by atoms with van der Waals surface area (Å²) in [5, 5.41) is 17.7. The number of ether oxygens (including phenoxy) is 3. The third kappa shape index (κ3) is 4.81. The second kappa shape index (κ2) is 9.17. The summed E-state index contributed by atoms with van der Waals surface area (Å²) in [5.41, 5.74) is 2.98. The first kappa shape index (κ1) is 21.0. The molecule has 0 saturated carbocycles. The SMILES string of the molecule is C=C(C)COc1ccc(-c2n[nH]c(C)c2Oc2ccc(C(=O)OCC)cc2)c(O)c1. The predicted molar refractivity (Wildman–Crippen MR) is 113 cm³/mol. The third-order valence-corrected chi connectivity index (χ3v) is 4.19. The van der Waals surface area contributed by atoms with Crippen LogP contribution < -0.4 is 9.47 Å². The summed E-state index contributed by atoms with van der Waals surface area (Å²) in [6, 6.07) is 11.6. The van der Waals surface area contributed by atoms with Gasteiger partial charge in [0.2, 0.25) is 0 Å². The minimum absolute atomic E-state index is 0.0169. The molecule has 7 nitrogen and oxygen atoms in total. The number of phenolic OH excluding ortho intramolecular Hbond substituents is 1. The Balaban J connectivity index is 1.83. The van der Waals surface area contributed by atoms with Crippen LogP contribution in [0.25, 0.3) is 11.3 Å². The van der Waals surface area contributed by atoms with E-state index in [9.17, 15) is 9.90 Å². The van der Waals surface area contributed by atoms with Gasteiger partial charge in [0.05, 0.1) is 17.9 Å². The van der Waals surface area contributed by atoms with Gasteiger partial charge in [-0.1, -0.05) is 6.58 Å². The van der Waals surface area contributed by atoms with E-state index in [1.807, 2.05) is 13.8 Å². The summed E-state index contributed by atoms with van der Waals surface area (Å²) >= 11 is 0. The number of carbonyl (C=O) groups excluding carboxylic acids is 1. The Hall–Kier alpha value is -3.74. The van der Waals surface area contributed by atoms with E-state index in [2.05, 4.69) is 16.8 Å². The van der Waals surface area contributed by atoms with Gasteiger partial charge in [-0.2, -0.15) is 5.10 Å². The van der Waals surface area contributed by atoms with Gasteiger partial charge in [0.25, 0.3) is 0 Å². The molecule has 7 heteroatoms. The van der Waals surface area contributed by atoms with Crippen LogP contribution in [0.4, 0.5) is 0 Å². The monoisotopic (exact) mass is 408 g/mol. The van der Waals surface area contributed by atoms with Crippen molar-refractivity contribution in [3.05, 3.63) is 65.9 Å². The lowest BCUT2D eigenvalue weighted by Crippen LogP contribution is -2.04. The molecule has 30 heavy (non-hydrogen) atoms. The molecule has 0 aliphatic carbocycles. The zero-order valence-electron chi connectivity index (χ0n) is 17.2. The van der Waals surface area contributed by atoms with Crippen LogP contribution in [0.2, 0.25) is 0 Å². The molecule has 0 saturated heterocycles. The zero-order chi connectivity index (χ0) is 21.7. The highest BCUT2D eigenvalue weighted by Gasteiger charge is 2.18. The first-order valence-electron chi connectivity index (χ1n) is 9.49. The van der Waals surface area contributed by atoms with Crippen molar-refractivity contribution in [1.29, 1.82) is 0 Å². The van der Waals surface area contributed by atoms with E-state index in [1.165, 1.54) is 6.07 Å². The van der Waals surface area contributed by atoms with Crippen molar-refractivity contribution in [1.82, 2.24) is 10.2 Å². The Bertz CT molecular complexity index is 1050. The number of hydrogen-bond acceptors (Lipinski definition) is 6. The van der Waals surface area contributed by atoms with Gasteiger partial charge in [-0.05, 0) is 62.7 Å². The molecule has 3 rings (SSSR count). The number of aromatic hydroxyl groups is 1. The first-order chi connectivity index (χ1) is 14.4. The van der Waals surface area contributed by atoms with Crippen LogP contribution in [0, 0.1) is 6.92 Å². The quantitative estimate of drug-likeness (QED) is 0.402. The van der Waals surface area contributed by atoms with Gasteiger partial charge >= 0.3 is 5.97 Å². The Kier molecular flexibility index (Phi) is 6.41. The number of aromatic nitrogens is 2. The minimum Gasteiger partial charge on any atom is -0.507 e. The zero-order valence-corrected chi connectivity index (χ0v) is 17.2. The fraction of sp³-hybridized carbons (Fsp3) is 0.217. The smallest absolute Gasteiger partial charge is 0.338 e. The number of nitrogens with one attached hydrogen (secondary N) is 1. The Morgan fingerprint density at radius 2 is 1.87 bits per heavy atom. The van der Waals surface area contributed by atoms with Crippen LogP contribution in [0.15, 0.2) is 54.6 Å². The highest BCUT2D eigenvalue weighted by Crippen LogP contribution is 2.39. The van der Waals surface area contributed by atoms with Crippen molar-refractivity contribution in [3.8, 4) is 34.3 Å². The topological polar surface area (TPSA) is 93.7 Å². The lowest BCUT2D eigenvalue weighted by Gasteiger charge is -2.11. The van der Waals surface area contributed by atoms with Crippen molar-refractivity contribution in [2.45, 2.75) is 20.8 Å². The van der Waals surface area contributed by atoms with Crippen LogP contribution in [0.5, 0.6) is 23.0 Å². The molecule has 0 fully saturated rings. The average molecular weight is 408 g/mol. The second-order valence-electron chi connectivity index (χ2n) is 6.80. The molecular weight excluding hydrogens is 384 g/mol. The summed E-state index contributed by atoms with van der Waals surface area (Å²) in [5.74, 6) is 1.16. The van der Waals surface area contributed by atoms with Crippen LogP contribution in [0.1, 0.15) is 29.9 Å². The predicted octanol–water partition coefficient (Wildman–Crippen LogP) is 5.01. The van der Waals surface area contributed by atoms with Crippen LogP contribution >= 0.6 is 0 Å². The summed E-state index contributed by atoms with van der Waals surface area (Å²) in [6.07, 6.45) is 0. The summed E-state index contributed by atoms with van der Waals surface area (Å²) in [4.78, 5) is 11.8. The molecule has 0 unspecified atom stereocenters. The number of phenols is 1. The fourth-order valence-corrected chi connectivity index (χ4v) is 2.73. The molecule has 1 aromatic heterocycles. The van der Waals surface area contributed by atoms with Crippen LogP contribution in [-0.2, 0) is 4.74 Å². The van der Waals surface area contributed by atoms with Gasteiger partial charge in [0.15, 0.2) is 5.75 Å². The lowest BCUT2D eigenvalue weighted by atomic mass is 10.1. The van der Waals surface area contributed by atoms with Crippen molar-refractivity contribution in [3.63, 3.8) is 0 Å². The van der Waals surface area contributed by atoms with E-state index >= 15 is 0 Å². The molecule has 2 N–H and O–H groups in total. The lowest BCUT2D eigenvalue weighted by molar-refractivity contribution is 0.0526. The Morgan fingerprint density at radius 1 is 1.17 bits per heavy atom. The van der Waals surface area contributed by atoms with Gasteiger partial charge in [0.1, 0.15) is 29.5 Å². The van der Waals surface area contributed by atoms with E-state index in [-0.39, 0.29) is 11.7 Å². The first-order valence-corrected chi connectivity index (χ1v) is 9.49. The molecule has 0 spiro atoms. The molecule has 0 bridgehead atoms. The summed E-state index contributed by atoms with van der Waals surface area (Å²) < 4.78 is 16.5. The van der Waals surface area contributed by atoms with Crippen molar-refractivity contribution < 1.29 is 24.1 Å². The van der Waals surface area contributed by atoms with Crippen molar-refractivity contribution in [2.75, 3.05) is 13.2 Å². The molecule has 0 aliphatic heterocycles. The molecule has 1 heterocycles. The molecule has 2 aromatic carbocycles. The van der Waals surface area contributed by atoms with Gasteiger partial charge in [-0.25, -0.2) is 4.79 Å². The number of aryl methyl sites for hydroxylation is 1. The number of esters is 1. The molecule has 0 radical (unpaired) electrons. The highest BCUT2D eigenvalue weighted by molar-refractivity contribution is 5.89. The van der Waals surface area contributed by atoms with Gasteiger partial charge in [-0.3, -0.25) is 5.10 Å². The normalized spacial score (nSPS) is 10.5. The number of nitrogens with zero attached hydrogens (tertiary/aromatic N) is 1. The van der Waals surface area contributed by atoms with E-state index in [0.29, 0.717) is 53.0 Å². The number of benzene rings is 2. The molecule has 0 aliphatic rings. The van der Waals surface area contributed by atoms with E-state index < -0.39 is 0 Å². The maximum atomic E-state index is 11.8. The number of hydrogen-bond donors (Lipinski definition) is 2. The Labute approximate surface area is 174 Å². The number of rotatable bonds is 8. The number of carbonyl (C=O) groups is 1. The van der Waals surface area contributed by atoms with Gasteiger partial charge in [-0.15, -0.1) is 0 Å². The largest absolute Gasteiger partial charge is 0.507 e. The fourth-order valence-electron chi connectivity index (χ4n) is 2.73. The maximum absolute atomic E-state index is 11.8. The molecule has 0 amide bonds. The third-order valence-electron chi connectivity index (χ3n) is 4.19. The highest BCUT2D eigenvalue weighted by atomic mass is 16.5. The van der Waals surface area contributed by atoms with Crippen molar-refractivity contribution in [2.24, 2.45) is 0 Å². The van der Waals surface area contributed by atoms with Gasteiger partial charge in [0, 0.05) is 11.6 Å². The van der Waals surface area contributed by atoms with Gasteiger partial charge < -0.3 is 19.3 Å². The van der Waals surface area contributed by atoms with E-state index in [4.69, 9.17) is 14.2 Å².